The molecule has 0 aliphatic rings. The molecule has 2 aromatic carbocycles. The first-order chi connectivity index (χ1) is 10.6. The van der Waals surface area contributed by atoms with Crippen molar-refractivity contribution in [1.82, 2.24) is 0 Å². The molecule has 124 valence electrons. The van der Waals surface area contributed by atoms with E-state index in [1.54, 1.807) is 12.1 Å². The molecule has 0 spiro atoms. The van der Waals surface area contributed by atoms with Crippen molar-refractivity contribution in [2.45, 2.75) is 6.92 Å². The summed E-state index contributed by atoms with van der Waals surface area (Å²) in [5.41, 5.74) is 0.690. The number of benzene rings is 2. The topological polar surface area (TPSA) is 69.6 Å². The van der Waals surface area contributed by atoms with Crippen molar-refractivity contribution >= 4 is 69.6 Å². The van der Waals surface area contributed by atoms with Crippen molar-refractivity contribution < 1.29 is 15.0 Å². The van der Waals surface area contributed by atoms with Crippen LogP contribution in [0.25, 0.3) is 0 Å². The highest BCUT2D eigenvalue weighted by molar-refractivity contribution is 6.55. The van der Waals surface area contributed by atoms with Gasteiger partial charge in [0.2, 0.25) is 5.91 Å². The molecular weight excluding hydrogens is 407 g/mol. The summed E-state index contributed by atoms with van der Waals surface area (Å²) in [6.07, 6.45) is 0. The Kier molecular flexibility index (Phi) is 7.58. The quantitative estimate of drug-likeness (QED) is 0.302. The molecule has 23 heavy (non-hydrogen) atoms. The Bertz CT molecular complexity index is 614. The van der Waals surface area contributed by atoms with E-state index in [9.17, 15) is 9.90 Å². The molecule has 1 amide bonds. The third-order valence-corrected chi connectivity index (χ3v) is 4.63. The summed E-state index contributed by atoms with van der Waals surface area (Å²) in [5.74, 6) is -0.285. The van der Waals surface area contributed by atoms with E-state index in [0.29, 0.717) is 5.69 Å². The van der Waals surface area contributed by atoms with Gasteiger partial charge in [-0.2, -0.15) is 0 Å². The van der Waals surface area contributed by atoms with Gasteiger partial charge in [0, 0.05) is 12.6 Å². The van der Waals surface area contributed by atoms with E-state index in [-0.39, 0.29) is 42.5 Å². The Morgan fingerprint density at radius 2 is 1.22 bits per heavy atom. The van der Waals surface area contributed by atoms with Crippen LogP contribution in [0.4, 0.5) is 5.69 Å². The zero-order chi connectivity index (χ0) is 17.7. The van der Waals surface area contributed by atoms with Crippen LogP contribution in [-0.4, -0.2) is 16.1 Å². The number of halogens is 5. The van der Waals surface area contributed by atoms with Crippen molar-refractivity contribution in [1.29, 1.82) is 0 Å². The molecule has 2 aromatic rings. The van der Waals surface area contributed by atoms with Gasteiger partial charge in [-0.05, 0) is 24.3 Å². The summed E-state index contributed by atoms with van der Waals surface area (Å²) in [6, 6.07) is 6.31. The summed E-state index contributed by atoms with van der Waals surface area (Å²) in [7, 11) is 0. The minimum absolute atomic E-state index is 0.00904. The molecule has 3 N–H and O–H groups in total. The van der Waals surface area contributed by atoms with E-state index in [2.05, 4.69) is 5.32 Å². The van der Waals surface area contributed by atoms with Gasteiger partial charge in [-0.1, -0.05) is 58.0 Å². The van der Waals surface area contributed by atoms with E-state index in [4.69, 9.17) is 63.1 Å². The molecule has 0 fully saturated rings. The van der Waals surface area contributed by atoms with Gasteiger partial charge in [0.05, 0.1) is 15.1 Å². The molecular formula is C14H10Cl5NO3. The smallest absolute Gasteiger partial charge is 0.221 e. The Morgan fingerprint density at radius 1 is 0.826 bits per heavy atom. The number of hydrogen-bond acceptors (Lipinski definition) is 3. The van der Waals surface area contributed by atoms with E-state index in [1.807, 2.05) is 0 Å². The number of hydrogen-bond donors (Lipinski definition) is 3. The zero-order valence-corrected chi connectivity index (χ0v) is 15.3. The Labute approximate surface area is 157 Å². The van der Waals surface area contributed by atoms with Gasteiger partial charge >= 0.3 is 0 Å². The molecule has 0 unspecified atom stereocenters. The molecule has 0 saturated heterocycles. The molecule has 0 radical (unpaired) electrons. The highest BCUT2D eigenvalue weighted by atomic mass is 35.5. The van der Waals surface area contributed by atoms with Gasteiger partial charge in [-0.15, -0.1) is 0 Å². The molecule has 0 bridgehead atoms. The van der Waals surface area contributed by atoms with Crippen LogP contribution in [0.3, 0.4) is 0 Å². The number of nitrogens with one attached hydrogen (secondary N) is 1. The lowest BCUT2D eigenvalue weighted by Crippen LogP contribution is -2.04. The van der Waals surface area contributed by atoms with Gasteiger partial charge < -0.3 is 15.5 Å². The molecule has 0 heterocycles. The molecule has 0 aromatic heterocycles. The molecule has 0 aliphatic heterocycles. The largest absolute Gasteiger partial charge is 0.508 e. The predicted octanol–water partition coefficient (Wildman–Crippen LogP) is 6.01. The summed E-state index contributed by atoms with van der Waals surface area (Å²) in [6.45, 7) is 1.44. The second-order valence-electron chi connectivity index (χ2n) is 4.15. The fourth-order valence-electron chi connectivity index (χ4n) is 1.34. The third kappa shape index (κ3) is 5.52. The molecule has 0 aliphatic carbocycles. The minimum Gasteiger partial charge on any atom is -0.508 e. The summed E-state index contributed by atoms with van der Waals surface area (Å²) < 4.78 is 0. The maximum atomic E-state index is 10.5. The SMILES string of the molecule is CC(=O)Nc1ccc(O)cc1.Oc1c(Cl)c(Cl)c(Cl)c(Cl)c1Cl. The second-order valence-corrected chi connectivity index (χ2v) is 6.04. The van der Waals surface area contributed by atoms with Crippen LogP contribution in [-0.2, 0) is 4.79 Å². The number of carbonyl (C=O) groups excluding carboxylic acids is 1. The van der Waals surface area contributed by atoms with Crippen LogP contribution in [0.1, 0.15) is 6.92 Å². The fourth-order valence-corrected chi connectivity index (χ4v) is 2.47. The van der Waals surface area contributed by atoms with Crippen molar-refractivity contribution in [2.75, 3.05) is 5.32 Å². The van der Waals surface area contributed by atoms with E-state index in [1.165, 1.54) is 19.1 Å². The highest BCUT2D eigenvalue weighted by Crippen LogP contribution is 2.47. The van der Waals surface area contributed by atoms with Crippen molar-refractivity contribution in [2.24, 2.45) is 0 Å². The van der Waals surface area contributed by atoms with Gasteiger partial charge in [0.1, 0.15) is 15.8 Å². The number of aromatic hydroxyl groups is 2. The van der Waals surface area contributed by atoms with E-state index >= 15 is 0 Å². The van der Waals surface area contributed by atoms with Crippen LogP contribution >= 0.6 is 58.0 Å². The molecule has 4 nitrogen and oxygen atoms in total. The first-order valence-corrected chi connectivity index (χ1v) is 7.81. The van der Waals surface area contributed by atoms with Gasteiger partial charge in [0.15, 0.2) is 5.75 Å². The summed E-state index contributed by atoms with van der Waals surface area (Å²) in [5, 5.41) is 20.5. The standard InChI is InChI=1S/C8H9NO2.C6HCl5O/c1-6(10)9-7-2-4-8(11)5-3-7;7-1-2(8)4(10)6(12)5(11)3(1)9/h2-5,11H,1H3,(H,9,10);12H. The fraction of sp³-hybridized carbons (Fsp3) is 0.0714. The normalized spacial score (nSPS) is 9.83. The lowest BCUT2D eigenvalue weighted by Gasteiger charge is -2.06. The number of anilines is 1. The maximum absolute atomic E-state index is 10.5. The van der Waals surface area contributed by atoms with Gasteiger partial charge in [-0.3, -0.25) is 4.79 Å². The molecule has 0 saturated carbocycles. The predicted molar refractivity (Wildman–Crippen MR) is 95.6 cm³/mol. The van der Waals surface area contributed by atoms with Crippen LogP contribution in [0.2, 0.25) is 25.1 Å². The first-order valence-electron chi connectivity index (χ1n) is 5.92. The Hall–Kier alpha value is -1.04. The average molecular weight is 418 g/mol. The van der Waals surface area contributed by atoms with Gasteiger partial charge in [-0.25, -0.2) is 0 Å². The third-order valence-electron chi connectivity index (χ3n) is 2.37. The number of rotatable bonds is 1. The van der Waals surface area contributed by atoms with Crippen molar-refractivity contribution in [3.05, 3.63) is 49.4 Å². The molecule has 2 rings (SSSR count). The lowest BCUT2D eigenvalue weighted by atomic mass is 10.3. The second kappa shape index (κ2) is 8.71. The van der Waals surface area contributed by atoms with E-state index in [0.717, 1.165) is 0 Å². The van der Waals surface area contributed by atoms with Crippen molar-refractivity contribution in [3.8, 4) is 11.5 Å². The Morgan fingerprint density at radius 3 is 1.61 bits per heavy atom. The minimum atomic E-state index is -0.363. The summed E-state index contributed by atoms with van der Waals surface area (Å²) in [4.78, 5) is 10.5. The van der Waals surface area contributed by atoms with Crippen molar-refractivity contribution in [3.63, 3.8) is 0 Å². The molecule has 9 heteroatoms. The number of phenolic OH excluding ortho intramolecular Hbond substituents is 2. The van der Waals surface area contributed by atoms with Crippen LogP contribution in [0, 0.1) is 0 Å². The maximum Gasteiger partial charge on any atom is 0.221 e. The zero-order valence-electron chi connectivity index (χ0n) is 11.5. The number of amides is 1. The number of phenols is 2. The van der Waals surface area contributed by atoms with Gasteiger partial charge in [0.25, 0.3) is 0 Å². The van der Waals surface area contributed by atoms with Crippen LogP contribution in [0.15, 0.2) is 24.3 Å². The lowest BCUT2D eigenvalue weighted by molar-refractivity contribution is -0.114. The average Bonchev–Trinajstić information content (AvgIpc) is 2.51. The van der Waals surface area contributed by atoms with Crippen LogP contribution < -0.4 is 5.32 Å². The molecule has 0 atom stereocenters. The Balaban J connectivity index is 0.000000231. The highest BCUT2D eigenvalue weighted by Gasteiger charge is 2.18. The first kappa shape index (κ1) is 20.0. The number of carbonyl (C=O) groups is 1. The van der Waals surface area contributed by atoms with E-state index < -0.39 is 0 Å². The monoisotopic (exact) mass is 415 g/mol. The van der Waals surface area contributed by atoms with Crippen LogP contribution in [0.5, 0.6) is 11.5 Å². The summed E-state index contributed by atoms with van der Waals surface area (Å²) >= 11 is 27.9.